The zero-order valence-electron chi connectivity index (χ0n) is 42.3. The molecule has 0 aliphatic heterocycles. The van der Waals surface area contributed by atoms with Gasteiger partial charge in [0, 0.05) is 12.8 Å². The summed E-state index contributed by atoms with van der Waals surface area (Å²) in [5, 5.41) is 23.3. The Morgan fingerprint density at radius 2 is 0.746 bits per heavy atom. The Kier molecular flexibility index (Phi) is 51.6. The molecule has 0 aliphatic rings. The van der Waals surface area contributed by atoms with Crippen molar-refractivity contribution < 1.29 is 24.5 Å². The van der Waals surface area contributed by atoms with Gasteiger partial charge in [0.1, 0.15) is 0 Å². The van der Waals surface area contributed by atoms with Crippen LogP contribution in [0.25, 0.3) is 0 Å². The first kappa shape index (κ1) is 61.3. The van der Waals surface area contributed by atoms with Crippen LogP contribution < -0.4 is 5.32 Å². The van der Waals surface area contributed by atoms with Crippen LogP contribution in [0.5, 0.6) is 0 Å². The molecule has 2 atom stereocenters. The average Bonchev–Trinajstić information content (AvgIpc) is 3.28. The highest BCUT2D eigenvalue weighted by Crippen LogP contribution is 2.17. The van der Waals surface area contributed by atoms with Crippen LogP contribution in [-0.4, -0.2) is 47.4 Å². The topological polar surface area (TPSA) is 95.9 Å². The number of esters is 1. The first-order valence-electron chi connectivity index (χ1n) is 28.1. The molecule has 0 rings (SSSR count). The third-order valence-corrected chi connectivity index (χ3v) is 13.0. The second-order valence-electron chi connectivity index (χ2n) is 19.3. The van der Waals surface area contributed by atoms with E-state index in [0.29, 0.717) is 25.9 Å². The summed E-state index contributed by atoms with van der Waals surface area (Å²) in [5.74, 6) is -0.0904. The third kappa shape index (κ3) is 49.6. The summed E-state index contributed by atoms with van der Waals surface area (Å²) in [4.78, 5) is 24.5. The molecule has 6 heteroatoms. The predicted molar refractivity (Wildman–Crippen MR) is 273 cm³/mol. The van der Waals surface area contributed by atoms with Gasteiger partial charge in [-0.1, -0.05) is 231 Å². The van der Waals surface area contributed by atoms with E-state index in [9.17, 15) is 19.8 Å². The van der Waals surface area contributed by atoms with Crippen LogP contribution in [0.3, 0.4) is 0 Å². The van der Waals surface area contributed by atoms with Gasteiger partial charge in [-0.3, -0.25) is 9.59 Å². The number of unbranched alkanes of at least 4 members (excludes halogenated alkanes) is 37. The molecule has 1 amide bonds. The minimum absolute atomic E-state index is 0.0315. The summed E-state index contributed by atoms with van der Waals surface area (Å²) >= 11 is 0. The van der Waals surface area contributed by atoms with Gasteiger partial charge in [-0.15, -0.1) is 0 Å². The van der Waals surface area contributed by atoms with Crippen LogP contribution in [0, 0.1) is 0 Å². The van der Waals surface area contributed by atoms with E-state index in [2.05, 4.69) is 43.5 Å². The second kappa shape index (κ2) is 53.0. The van der Waals surface area contributed by atoms with E-state index >= 15 is 0 Å². The first-order valence-corrected chi connectivity index (χ1v) is 28.1. The van der Waals surface area contributed by atoms with Crippen LogP contribution in [0.4, 0.5) is 0 Å². The van der Waals surface area contributed by atoms with Gasteiger partial charge in [-0.05, 0) is 83.5 Å². The summed E-state index contributed by atoms with van der Waals surface area (Å²) in [5.41, 5.74) is 0. The number of aliphatic hydroxyl groups excluding tert-OH is 2. The molecule has 63 heavy (non-hydrogen) atoms. The number of hydrogen-bond acceptors (Lipinski definition) is 5. The Morgan fingerprint density at radius 3 is 1.14 bits per heavy atom. The van der Waals surface area contributed by atoms with Crippen molar-refractivity contribution in [1.82, 2.24) is 5.32 Å². The van der Waals surface area contributed by atoms with Crippen molar-refractivity contribution in [2.24, 2.45) is 0 Å². The highest BCUT2D eigenvalue weighted by Gasteiger charge is 2.20. The largest absolute Gasteiger partial charge is 0.466 e. The lowest BCUT2D eigenvalue weighted by atomic mass is 10.0. The van der Waals surface area contributed by atoms with Crippen LogP contribution >= 0.6 is 0 Å². The minimum atomic E-state index is -0.681. The molecule has 2 unspecified atom stereocenters. The monoisotopic (exact) mass is 888 g/mol. The summed E-state index contributed by atoms with van der Waals surface area (Å²) < 4.78 is 5.44. The molecule has 0 heterocycles. The van der Waals surface area contributed by atoms with E-state index in [1.165, 1.54) is 193 Å². The van der Waals surface area contributed by atoms with E-state index < -0.39 is 12.1 Å². The number of carbonyl (C=O) groups excluding carboxylic acids is 2. The molecule has 0 aromatic heterocycles. The fourth-order valence-electron chi connectivity index (χ4n) is 8.63. The summed E-state index contributed by atoms with van der Waals surface area (Å²) in [6.07, 6.45) is 63.0. The lowest BCUT2D eigenvalue weighted by Gasteiger charge is -2.22. The van der Waals surface area contributed by atoms with Gasteiger partial charge in [0.05, 0.1) is 25.4 Å². The number of allylic oxidation sites excluding steroid dienone is 4. The predicted octanol–water partition coefficient (Wildman–Crippen LogP) is 17.1. The average molecular weight is 889 g/mol. The molecule has 0 aromatic rings. The van der Waals surface area contributed by atoms with E-state index in [0.717, 1.165) is 77.0 Å². The van der Waals surface area contributed by atoms with Crippen molar-refractivity contribution in [2.45, 2.75) is 315 Å². The zero-order chi connectivity index (χ0) is 45.8. The second-order valence-corrected chi connectivity index (χ2v) is 19.3. The standard InChI is InChI=1S/C57H109NO5/c1-3-5-7-9-11-13-15-17-18-19-20-21-22-23-24-26-29-33-37-41-45-49-55(60)54(53-59)58-56(61)50-46-42-38-34-30-27-28-32-36-40-44-48-52-63-57(62)51-47-43-39-35-31-25-16-14-12-10-8-6-4-2/h14,16,28,32,54-55,59-60H,3-13,15,17-27,29-31,33-53H2,1-2H3,(H,58,61)/b16-14-,32-28-. The maximum atomic E-state index is 12.5. The lowest BCUT2D eigenvalue weighted by Crippen LogP contribution is -2.45. The highest BCUT2D eigenvalue weighted by molar-refractivity contribution is 5.76. The molecule has 0 radical (unpaired) electrons. The van der Waals surface area contributed by atoms with E-state index in [1.54, 1.807) is 0 Å². The SMILES string of the molecule is CCCCCC/C=C\CCCCCCCC(=O)OCCCCC/C=C\CCCCCCCC(=O)NC(CO)C(O)CCCCCCCCCCCCCCCCCCCCCCC. The van der Waals surface area contributed by atoms with Crippen LogP contribution in [0.15, 0.2) is 24.3 Å². The molecule has 372 valence electrons. The van der Waals surface area contributed by atoms with Crippen LogP contribution in [0.2, 0.25) is 0 Å². The van der Waals surface area contributed by atoms with Gasteiger partial charge in [0.25, 0.3) is 0 Å². The molecule has 6 nitrogen and oxygen atoms in total. The number of rotatable bonds is 52. The Balaban J connectivity index is 3.50. The zero-order valence-corrected chi connectivity index (χ0v) is 42.3. The summed E-state index contributed by atoms with van der Waals surface area (Å²) in [6, 6.07) is -0.561. The van der Waals surface area contributed by atoms with Crippen molar-refractivity contribution in [3.63, 3.8) is 0 Å². The quantitative estimate of drug-likeness (QED) is 0.0321. The number of ether oxygens (including phenoxy) is 1. The maximum Gasteiger partial charge on any atom is 0.305 e. The molecule has 0 aromatic carbocycles. The van der Waals surface area contributed by atoms with Crippen molar-refractivity contribution in [2.75, 3.05) is 13.2 Å². The smallest absolute Gasteiger partial charge is 0.305 e. The normalized spacial score (nSPS) is 12.8. The van der Waals surface area contributed by atoms with Gasteiger partial charge >= 0.3 is 5.97 Å². The van der Waals surface area contributed by atoms with Crippen LogP contribution in [0.1, 0.15) is 303 Å². The molecule has 0 spiro atoms. The van der Waals surface area contributed by atoms with Crippen LogP contribution in [-0.2, 0) is 14.3 Å². The number of amides is 1. The van der Waals surface area contributed by atoms with Crippen molar-refractivity contribution in [3.05, 3.63) is 24.3 Å². The van der Waals surface area contributed by atoms with Gasteiger partial charge in [0.15, 0.2) is 0 Å². The minimum Gasteiger partial charge on any atom is -0.466 e. The Labute approximate surface area is 392 Å². The Hall–Kier alpha value is -1.66. The number of carbonyl (C=O) groups is 2. The van der Waals surface area contributed by atoms with Gasteiger partial charge in [0.2, 0.25) is 5.91 Å². The molecular weight excluding hydrogens is 779 g/mol. The number of hydrogen-bond donors (Lipinski definition) is 3. The number of aliphatic hydroxyl groups is 2. The Morgan fingerprint density at radius 1 is 0.429 bits per heavy atom. The summed E-state index contributed by atoms with van der Waals surface area (Å²) in [7, 11) is 0. The van der Waals surface area contributed by atoms with E-state index in [-0.39, 0.29) is 18.5 Å². The van der Waals surface area contributed by atoms with Gasteiger partial charge in [-0.2, -0.15) is 0 Å². The third-order valence-electron chi connectivity index (χ3n) is 13.0. The molecule has 0 aliphatic carbocycles. The highest BCUT2D eigenvalue weighted by atomic mass is 16.5. The van der Waals surface area contributed by atoms with E-state index in [1.807, 2.05) is 0 Å². The maximum absolute atomic E-state index is 12.5. The molecule has 0 bridgehead atoms. The van der Waals surface area contributed by atoms with E-state index in [4.69, 9.17) is 4.74 Å². The van der Waals surface area contributed by atoms with Crippen molar-refractivity contribution >= 4 is 11.9 Å². The fourth-order valence-corrected chi connectivity index (χ4v) is 8.63. The first-order chi connectivity index (χ1) is 31.0. The van der Waals surface area contributed by atoms with Crippen molar-refractivity contribution in [3.8, 4) is 0 Å². The molecule has 0 fully saturated rings. The lowest BCUT2D eigenvalue weighted by molar-refractivity contribution is -0.143. The number of nitrogens with one attached hydrogen (secondary N) is 1. The summed E-state index contributed by atoms with van der Waals surface area (Å²) in [6.45, 7) is 4.89. The molecule has 0 saturated heterocycles. The van der Waals surface area contributed by atoms with Gasteiger partial charge < -0.3 is 20.3 Å². The molecule has 0 saturated carbocycles. The van der Waals surface area contributed by atoms with Crippen molar-refractivity contribution in [1.29, 1.82) is 0 Å². The van der Waals surface area contributed by atoms with Gasteiger partial charge in [-0.25, -0.2) is 0 Å². The molecule has 3 N–H and O–H groups in total. The molecular formula is C57H109NO5. The Bertz CT molecular complexity index is 982. The fraction of sp³-hybridized carbons (Fsp3) is 0.895.